The number of rotatable bonds is 5. The summed E-state index contributed by atoms with van der Waals surface area (Å²) in [7, 11) is 0. The lowest BCUT2D eigenvalue weighted by atomic mass is 10.1. The highest BCUT2D eigenvalue weighted by Crippen LogP contribution is 2.41. The summed E-state index contributed by atoms with van der Waals surface area (Å²) in [5.41, 5.74) is 1.48. The normalized spacial score (nSPS) is 16.3. The van der Waals surface area contributed by atoms with E-state index in [1.54, 1.807) is 24.8 Å². The van der Waals surface area contributed by atoms with Crippen LogP contribution in [-0.2, 0) is 16.1 Å². The van der Waals surface area contributed by atoms with Crippen LogP contribution in [0.3, 0.4) is 0 Å². The zero-order chi connectivity index (χ0) is 18.7. The third-order valence-electron chi connectivity index (χ3n) is 3.97. The van der Waals surface area contributed by atoms with Crippen molar-refractivity contribution in [3.63, 3.8) is 0 Å². The highest BCUT2D eigenvalue weighted by molar-refractivity contribution is 9.10. The van der Waals surface area contributed by atoms with Gasteiger partial charge >= 0.3 is 5.97 Å². The Labute approximate surface area is 170 Å². The smallest absolute Gasteiger partial charge is 0.307 e. The molecular formula is C19H17BrFNO2S2. The van der Waals surface area contributed by atoms with Crippen molar-refractivity contribution < 1.29 is 13.9 Å². The molecule has 0 saturated heterocycles. The molecule has 7 heteroatoms. The minimum atomic E-state index is -0.292. The highest BCUT2D eigenvalue weighted by Gasteiger charge is 2.32. The Kier molecular flexibility index (Phi) is 6.32. The van der Waals surface area contributed by atoms with Crippen molar-refractivity contribution in [2.24, 2.45) is 0 Å². The number of nitrogens with zero attached hydrogens (tertiary/aromatic N) is 1. The van der Waals surface area contributed by atoms with Crippen LogP contribution in [-0.4, -0.2) is 22.8 Å². The predicted molar refractivity (Wildman–Crippen MR) is 110 cm³/mol. The number of fused-ring (bicyclic) bond motifs is 1. The van der Waals surface area contributed by atoms with Gasteiger partial charge in [-0.15, -0.1) is 11.8 Å². The maximum atomic E-state index is 14.3. The average Bonchev–Trinajstić information content (AvgIpc) is 2.60. The van der Waals surface area contributed by atoms with Crippen LogP contribution in [0.15, 0.2) is 51.8 Å². The first-order chi connectivity index (χ1) is 12.5. The van der Waals surface area contributed by atoms with E-state index in [1.807, 2.05) is 35.2 Å². The van der Waals surface area contributed by atoms with E-state index in [9.17, 15) is 9.18 Å². The number of halogens is 2. The first kappa shape index (κ1) is 19.3. The van der Waals surface area contributed by atoms with Gasteiger partial charge < -0.3 is 9.64 Å². The number of carbonyl (C=O) groups is 1. The van der Waals surface area contributed by atoms with E-state index in [1.165, 1.54) is 6.07 Å². The standard InChI is InChI=1S/C19H17BrFNO2S2/c1-2-24-18(23)10-17-19(25)22(15-5-3-4-6-16(15)26-17)11-12-7-8-13(20)9-14(12)21/h3-9,17H,2,10-11H2,1H3. The summed E-state index contributed by atoms with van der Waals surface area (Å²) in [5, 5.41) is -0.211. The van der Waals surface area contributed by atoms with Crippen molar-refractivity contribution in [2.75, 3.05) is 11.5 Å². The maximum absolute atomic E-state index is 14.3. The molecule has 0 saturated carbocycles. The van der Waals surface area contributed by atoms with Gasteiger partial charge in [0, 0.05) is 14.9 Å². The first-order valence-corrected chi connectivity index (χ1v) is 10.2. The average molecular weight is 454 g/mol. The summed E-state index contributed by atoms with van der Waals surface area (Å²) in [6.45, 7) is 2.43. The molecule has 2 aromatic carbocycles. The molecule has 0 radical (unpaired) electrons. The van der Waals surface area contributed by atoms with Crippen LogP contribution in [0, 0.1) is 5.82 Å². The van der Waals surface area contributed by atoms with Crippen LogP contribution in [0.4, 0.5) is 10.1 Å². The van der Waals surface area contributed by atoms with Crippen LogP contribution in [0.5, 0.6) is 0 Å². The lowest BCUT2D eigenvalue weighted by molar-refractivity contribution is -0.142. The molecule has 26 heavy (non-hydrogen) atoms. The summed E-state index contributed by atoms with van der Waals surface area (Å²) in [6, 6.07) is 12.8. The number of thiocarbonyl (C=S) groups is 1. The van der Waals surface area contributed by atoms with Gasteiger partial charge in [-0.3, -0.25) is 4.79 Å². The molecule has 1 heterocycles. The number of benzene rings is 2. The summed E-state index contributed by atoms with van der Waals surface area (Å²) >= 11 is 10.5. The largest absolute Gasteiger partial charge is 0.466 e. The van der Waals surface area contributed by atoms with Crippen LogP contribution in [0.25, 0.3) is 0 Å². The zero-order valence-corrected chi connectivity index (χ0v) is 17.3. The van der Waals surface area contributed by atoms with Crippen LogP contribution in [0.2, 0.25) is 0 Å². The Bertz CT molecular complexity index is 846. The quantitative estimate of drug-likeness (QED) is 0.449. The SMILES string of the molecule is CCOC(=O)CC1Sc2ccccc2N(Cc2ccc(Br)cc2F)C1=S. The second kappa shape index (κ2) is 8.50. The van der Waals surface area contributed by atoms with Gasteiger partial charge in [0.25, 0.3) is 0 Å². The van der Waals surface area contributed by atoms with Crippen molar-refractivity contribution in [1.29, 1.82) is 0 Å². The second-order valence-corrected chi connectivity index (χ2v) is 8.32. The molecule has 2 aromatic rings. The molecule has 3 rings (SSSR count). The fourth-order valence-corrected chi connectivity index (χ4v) is 4.69. The van der Waals surface area contributed by atoms with Gasteiger partial charge in [-0.05, 0) is 31.2 Å². The monoisotopic (exact) mass is 453 g/mol. The lowest BCUT2D eigenvalue weighted by Crippen LogP contribution is -2.40. The number of esters is 1. The molecule has 1 aliphatic rings. The fraction of sp³-hybridized carbons (Fsp3) is 0.263. The van der Waals surface area contributed by atoms with Crippen molar-refractivity contribution >= 4 is 56.6 Å². The lowest BCUT2D eigenvalue weighted by Gasteiger charge is -2.36. The predicted octanol–water partition coefficient (Wildman–Crippen LogP) is 5.35. The molecule has 3 nitrogen and oxygen atoms in total. The van der Waals surface area contributed by atoms with E-state index in [-0.39, 0.29) is 23.5 Å². The highest BCUT2D eigenvalue weighted by atomic mass is 79.9. The molecule has 0 bridgehead atoms. The maximum Gasteiger partial charge on any atom is 0.307 e. The molecule has 0 N–H and O–H groups in total. The van der Waals surface area contributed by atoms with Crippen molar-refractivity contribution in [3.05, 3.63) is 58.3 Å². The molecular weight excluding hydrogens is 437 g/mol. The van der Waals surface area contributed by atoms with Crippen molar-refractivity contribution in [2.45, 2.75) is 30.0 Å². The second-order valence-electron chi connectivity index (χ2n) is 5.74. The molecule has 1 aliphatic heterocycles. The van der Waals surface area contributed by atoms with Gasteiger partial charge in [-0.1, -0.05) is 46.3 Å². The third kappa shape index (κ3) is 4.27. The summed E-state index contributed by atoms with van der Waals surface area (Å²) < 4.78 is 20.1. The van der Waals surface area contributed by atoms with E-state index >= 15 is 0 Å². The van der Waals surface area contributed by atoms with Gasteiger partial charge in [-0.2, -0.15) is 0 Å². The van der Waals surface area contributed by atoms with E-state index in [0.717, 1.165) is 10.6 Å². The van der Waals surface area contributed by atoms with Gasteiger partial charge in [-0.25, -0.2) is 4.39 Å². The molecule has 1 atom stereocenters. The van der Waals surface area contributed by atoms with Crippen molar-refractivity contribution in [1.82, 2.24) is 0 Å². The fourth-order valence-electron chi connectivity index (χ4n) is 2.76. The van der Waals surface area contributed by atoms with Gasteiger partial charge in [0.1, 0.15) is 5.82 Å². The molecule has 1 unspecified atom stereocenters. The first-order valence-electron chi connectivity index (χ1n) is 8.16. The van der Waals surface area contributed by atoms with Gasteiger partial charge in [0.05, 0.1) is 35.5 Å². The van der Waals surface area contributed by atoms with E-state index in [4.69, 9.17) is 17.0 Å². The Morgan fingerprint density at radius 1 is 1.35 bits per heavy atom. The van der Waals surface area contributed by atoms with E-state index in [0.29, 0.717) is 28.2 Å². The number of carbonyl (C=O) groups excluding carboxylic acids is 1. The summed E-state index contributed by atoms with van der Waals surface area (Å²) in [6.07, 6.45) is 0.199. The molecule has 0 aromatic heterocycles. The Morgan fingerprint density at radius 3 is 2.85 bits per heavy atom. The molecule has 0 amide bonds. The minimum absolute atomic E-state index is 0.199. The number of anilines is 1. The number of thioether (sulfide) groups is 1. The van der Waals surface area contributed by atoms with E-state index in [2.05, 4.69) is 15.9 Å². The van der Waals surface area contributed by atoms with Crippen LogP contribution in [0.1, 0.15) is 18.9 Å². The Hall–Kier alpha value is -1.44. The number of hydrogen-bond donors (Lipinski definition) is 0. The van der Waals surface area contributed by atoms with Crippen molar-refractivity contribution in [3.8, 4) is 0 Å². The molecule has 0 spiro atoms. The topological polar surface area (TPSA) is 29.5 Å². The van der Waals surface area contributed by atoms with Crippen LogP contribution >= 0.6 is 39.9 Å². The van der Waals surface area contributed by atoms with E-state index < -0.39 is 0 Å². The van der Waals surface area contributed by atoms with Gasteiger partial charge in [0.15, 0.2) is 0 Å². The number of ether oxygens (including phenoxy) is 1. The Balaban J connectivity index is 1.91. The minimum Gasteiger partial charge on any atom is -0.466 e. The summed E-state index contributed by atoms with van der Waals surface area (Å²) in [4.78, 5) is 15.5. The molecule has 0 aliphatic carbocycles. The zero-order valence-electron chi connectivity index (χ0n) is 14.1. The number of hydrogen-bond acceptors (Lipinski definition) is 4. The molecule has 0 fully saturated rings. The number of para-hydroxylation sites is 1. The third-order valence-corrected chi connectivity index (χ3v) is 6.39. The molecule has 136 valence electrons. The Morgan fingerprint density at radius 2 is 2.12 bits per heavy atom. The summed E-state index contributed by atoms with van der Waals surface area (Å²) in [5.74, 6) is -0.568. The van der Waals surface area contributed by atoms with Crippen LogP contribution < -0.4 is 4.90 Å². The van der Waals surface area contributed by atoms with Gasteiger partial charge in [0.2, 0.25) is 0 Å².